The van der Waals surface area contributed by atoms with E-state index >= 15 is 0 Å². The quantitative estimate of drug-likeness (QED) is 0.476. The maximum absolute atomic E-state index is 13.3. The first kappa shape index (κ1) is 24.3. The van der Waals surface area contributed by atoms with Crippen LogP contribution in [0.2, 0.25) is 0 Å². The molecule has 0 bridgehead atoms. The first-order valence-electron chi connectivity index (χ1n) is 12.2. The molecule has 4 rings (SSSR count). The van der Waals surface area contributed by atoms with Crippen LogP contribution in [-0.2, 0) is 6.42 Å². The molecule has 0 spiro atoms. The number of methoxy groups -OCH3 is 1. The van der Waals surface area contributed by atoms with E-state index in [2.05, 4.69) is 34.6 Å². The molecule has 1 fully saturated rings. The summed E-state index contributed by atoms with van der Waals surface area (Å²) in [6.07, 6.45) is 2.95. The second-order valence-electron chi connectivity index (χ2n) is 9.05. The van der Waals surface area contributed by atoms with Gasteiger partial charge < -0.3 is 20.3 Å². The number of benzene rings is 3. The van der Waals surface area contributed by atoms with Gasteiger partial charge in [-0.25, -0.2) is 0 Å². The predicted octanol–water partition coefficient (Wildman–Crippen LogP) is 5.16. The lowest BCUT2D eigenvalue weighted by Gasteiger charge is -2.33. The molecule has 0 aromatic heterocycles. The summed E-state index contributed by atoms with van der Waals surface area (Å²) in [6.45, 7) is 4.64. The fourth-order valence-corrected chi connectivity index (χ4v) is 4.41. The summed E-state index contributed by atoms with van der Waals surface area (Å²) in [6, 6.07) is 22.8. The molecule has 3 aromatic rings. The van der Waals surface area contributed by atoms with Gasteiger partial charge in [-0.3, -0.25) is 9.59 Å². The van der Waals surface area contributed by atoms with E-state index in [0.29, 0.717) is 35.0 Å². The Hall–Kier alpha value is -3.80. The van der Waals surface area contributed by atoms with Gasteiger partial charge in [0, 0.05) is 31.0 Å². The second-order valence-corrected chi connectivity index (χ2v) is 9.05. The molecule has 35 heavy (non-hydrogen) atoms. The van der Waals surface area contributed by atoms with E-state index in [-0.39, 0.29) is 11.8 Å². The number of anilines is 2. The van der Waals surface area contributed by atoms with Gasteiger partial charge in [0.1, 0.15) is 5.75 Å². The van der Waals surface area contributed by atoms with Crippen molar-refractivity contribution in [1.82, 2.24) is 5.32 Å². The van der Waals surface area contributed by atoms with Crippen molar-refractivity contribution in [3.05, 3.63) is 89.5 Å². The van der Waals surface area contributed by atoms with Crippen LogP contribution in [0, 0.1) is 5.92 Å². The third kappa shape index (κ3) is 6.21. The fourth-order valence-electron chi connectivity index (χ4n) is 4.41. The summed E-state index contributed by atoms with van der Waals surface area (Å²) in [5, 5.41) is 6.00. The van der Waals surface area contributed by atoms with Crippen LogP contribution in [0.5, 0.6) is 5.75 Å². The molecule has 0 radical (unpaired) electrons. The Morgan fingerprint density at radius 3 is 2.37 bits per heavy atom. The lowest BCUT2D eigenvalue weighted by atomic mass is 9.97. The molecule has 1 aliphatic heterocycles. The minimum Gasteiger partial charge on any atom is -0.496 e. The molecule has 6 nitrogen and oxygen atoms in total. The van der Waals surface area contributed by atoms with Crippen LogP contribution in [0.1, 0.15) is 46.0 Å². The number of hydrogen-bond donors (Lipinski definition) is 2. The van der Waals surface area contributed by atoms with Crippen LogP contribution in [0.25, 0.3) is 0 Å². The average molecular weight is 472 g/mol. The molecule has 2 amide bonds. The Bertz CT molecular complexity index is 1150. The Balaban J connectivity index is 1.54. The van der Waals surface area contributed by atoms with Gasteiger partial charge in [-0.1, -0.05) is 49.4 Å². The number of nitrogens with zero attached hydrogens (tertiary/aromatic N) is 1. The lowest BCUT2D eigenvalue weighted by molar-refractivity contribution is 0.0953. The number of hydrogen-bond acceptors (Lipinski definition) is 4. The number of rotatable bonds is 8. The van der Waals surface area contributed by atoms with Gasteiger partial charge in [0.05, 0.1) is 18.2 Å². The van der Waals surface area contributed by atoms with Gasteiger partial charge in [0.15, 0.2) is 0 Å². The van der Waals surface area contributed by atoms with E-state index in [0.717, 1.165) is 38.0 Å². The number of piperidine rings is 1. The Kier molecular flexibility index (Phi) is 8.03. The van der Waals surface area contributed by atoms with E-state index in [9.17, 15) is 9.59 Å². The van der Waals surface area contributed by atoms with Crippen LogP contribution in [0.4, 0.5) is 11.4 Å². The normalized spacial score (nSPS) is 13.8. The molecule has 1 heterocycles. The SMILES string of the molecule is COc1ccccc1C(=O)Nc1ccc(N2CCC(C)CC2)c(C(=O)NCCc2ccccc2)c1. The standard InChI is InChI=1S/C29H33N3O3/c1-21-15-18-32(19-16-21)26-13-12-23(31-29(34)24-10-6-7-11-27(24)35-2)20-25(26)28(33)30-17-14-22-8-4-3-5-9-22/h3-13,20-21H,14-19H2,1-2H3,(H,30,33)(H,31,34). The fraction of sp³-hybridized carbons (Fsp3) is 0.310. The summed E-state index contributed by atoms with van der Waals surface area (Å²) in [7, 11) is 1.54. The highest BCUT2D eigenvalue weighted by molar-refractivity contribution is 6.07. The molecule has 6 heteroatoms. The average Bonchev–Trinajstić information content (AvgIpc) is 2.89. The number of amides is 2. The maximum Gasteiger partial charge on any atom is 0.259 e. The summed E-state index contributed by atoms with van der Waals surface area (Å²) < 4.78 is 5.32. The van der Waals surface area contributed by atoms with E-state index in [4.69, 9.17) is 4.74 Å². The topological polar surface area (TPSA) is 70.7 Å². The Morgan fingerprint density at radius 2 is 1.63 bits per heavy atom. The molecule has 0 saturated carbocycles. The Labute approximate surface area is 207 Å². The molecule has 1 saturated heterocycles. The van der Waals surface area contributed by atoms with Crippen molar-refractivity contribution >= 4 is 23.2 Å². The summed E-state index contributed by atoms with van der Waals surface area (Å²) >= 11 is 0. The van der Waals surface area contributed by atoms with Crippen molar-refractivity contribution < 1.29 is 14.3 Å². The van der Waals surface area contributed by atoms with Crippen molar-refractivity contribution in [3.63, 3.8) is 0 Å². The molecular formula is C29H33N3O3. The van der Waals surface area contributed by atoms with Gasteiger partial charge in [-0.15, -0.1) is 0 Å². The first-order chi connectivity index (χ1) is 17.0. The minimum atomic E-state index is -0.280. The molecule has 0 atom stereocenters. The van der Waals surface area contributed by atoms with Crippen LogP contribution in [0.3, 0.4) is 0 Å². The zero-order chi connectivity index (χ0) is 24.6. The highest BCUT2D eigenvalue weighted by atomic mass is 16.5. The van der Waals surface area contributed by atoms with Gasteiger partial charge in [0.2, 0.25) is 0 Å². The Morgan fingerprint density at radius 1 is 0.914 bits per heavy atom. The third-order valence-electron chi connectivity index (χ3n) is 6.52. The minimum absolute atomic E-state index is 0.136. The van der Waals surface area contributed by atoms with E-state index in [1.165, 1.54) is 12.7 Å². The first-order valence-corrected chi connectivity index (χ1v) is 12.2. The molecular weight excluding hydrogens is 438 g/mol. The number of para-hydroxylation sites is 1. The van der Waals surface area contributed by atoms with E-state index < -0.39 is 0 Å². The van der Waals surface area contributed by atoms with Gasteiger partial charge in [-0.2, -0.15) is 0 Å². The van der Waals surface area contributed by atoms with Crippen LogP contribution < -0.4 is 20.3 Å². The van der Waals surface area contributed by atoms with Crippen molar-refractivity contribution in [2.45, 2.75) is 26.2 Å². The molecule has 2 N–H and O–H groups in total. The zero-order valence-electron chi connectivity index (χ0n) is 20.4. The highest BCUT2D eigenvalue weighted by Gasteiger charge is 2.22. The number of ether oxygens (including phenoxy) is 1. The lowest BCUT2D eigenvalue weighted by Crippen LogP contribution is -2.35. The maximum atomic E-state index is 13.3. The second kappa shape index (κ2) is 11.6. The number of carbonyl (C=O) groups is 2. The van der Waals surface area contributed by atoms with Crippen molar-refractivity contribution in [1.29, 1.82) is 0 Å². The van der Waals surface area contributed by atoms with E-state index in [1.54, 1.807) is 24.3 Å². The zero-order valence-corrected chi connectivity index (χ0v) is 20.4. The number of carbonyl (C=O) groups excluding carboxylic acids is 2. The van der Waals surface area contributed by atoms with Crippen LogP contribution in [-0.4, -0.2) is 38.6 Å². The van der Waals surface area contributed by atoms with E-state index in [1.807, 2.05) is 36.4 Å². The summed E-state index contributed by atoms with van der Waals surface area (Å²) in [5.74, 6) is 0.775. The smallest absolute Gasteiger partial charge is 0.259 e. The van der Waals surface area contributed by atoms with Crippen LogP contribution in [0.15, 0.2) is 72.8 Å². The van der Waals surface area contributed by atoms with Gasteiger partial charge in [-0.05, 0) is 61.1 Å². The predicted molar refractivity (Wildman–Crippen MR) is 140 cm³/mol. The van der Waals surface area contributed by atoms with Crippen molar-refractivity contribution in [3.8, 4) is 5.75 Å². The summed E-state index contributed by atoms with van der Waals surface area (Å²) in [5.41, 5.74) is 3.67. The molecule has 3 aromatic carbocycles. The van der Waals surface area contributed by atoms with Gasteiger partial charge in [0.25, 0.3) is 11.8 Å². The van der Waals surface area contributed by atoms with Crippen molar-refractivity contribution in [2.75, 3.05) is 37.0 Å². The molecule has 0 unspecified atom stereocenters. The highest BCUT2D eigenvalue weighted by Crippen LogP contribution is 2.29. The molecule has 0 aliphatic carbocycles. The molecule has 1 aliphatic rings. The number of nitrogens with one attached hydrogen (secondary N) is 2. The third-order valence-corrected chi connectivity index (χ3v) is 6.52. The van der Waals surface area contributed by atoms with Crippen molar-refractivity contribution in [2.24, 2.45) is 5.92 Å². The van der Waals surface area contributed by atoms with Crippen LogP contribution >= 0.6 is 0 Å². The molecule has 182 valence electrons. The van der Waals surface area contributed by atoms with Gasteiger partial charge >= 0.3 is 0 Å². The monoisotopic (exact) mass is 471 g/mol. The largest absolute Gasteiger partial charge is 0.496 e. The summed E-state index contributed by atoms with van der Waals surface area (Å²) in [4.78, 5) is 28.5.